The van der Waals surface area contributed by atoms with E-state index in [4.69, 9.17) is 19.7 Å². The molecule has 2 aromatic carbocycles. The third-order valence-corrected chi connectivity index (χ3v) is 4.69. The number of carbonyl (C=O) groups is 1. The molecule has 0 N–H and O–H groups in total. The van der Waals surface area contributed by atoms with E-state index in [1.54, 1.807) is 19.2 Å². The van der Waals surface area contributed by atoms with Gasteiger partial charge in [-0.25, -0.2) is 4.79 Å². The van der Waals surface area contributed by atoms with Crippen molar-refractivity contribution >= 4 is 17.3 Å². The summed E-state index contributed by atoms with van der Waals surface area (Å²) in [5.41, 5.74) is 11.0. The lowest BCUT2D eigenvalue weighted by Gasteiger charge is -2.27. The number of azide groups is 1. The van der Waals surface area contributed by atoms with Crippen molar-refractivity contribution in [1.29, 1.82) is 0 Å². The Morgan fingerprint density at radius 1 is 1.25 bits per heavy atom. The van der Waals surface area contributed by atoms with Gasteiger partial charge in [-0.15, -0.1) is 0 Å². The number of methoxy groups -OCH3 is 2. The third kappa shape index (κ3) is 4.13. The van der Waals surface area contributed by atoms with Crippen molar-refractivity contribution in [2.24, 2.45) is 5.11 Å². The van der Waals surface area contributed by atoms with Crippen LogP contribution in [0.3, 0.4) is 0 Å². The normalized spacial score (nSPS) is 15.6. The van der Waals surface area contributed by atoms with Gasteiger partial charge in [0, 0.05) is 17.5 Å². The fourth-order valence-electron chi connectivity index (χ4n) is 3.34. The summed E-state index contributed by atoms with van der Waals surface area (Å²) in [7, 11) is 2.91. The first-order valence-corrected chi connectivity index (χ1v) is 8.96. The van der Waals surface area contributed by atoms with Gasteiger partial charge < -0.3 is 19.1 Å². The van der Waals surface area contributed by atoms with Crippen molar-refractivity contribution in [3.05, 3.63) is 58.5 Å². The minimum Gasteiger partial charge on any atom is -0.493 e. The summed E-state index contributed by atoms with van der Waals surface area (Å²) in [5, 5.41) is 3.81. The van der Waals surface area contributed by atoms with Crippen LogP contribution in [0.15, 0.2) is 47.6 Å². The average Bonchev–Trinajstić information content (AvgIpc) is 3.22. The highest BCUT2D eigenvalue weighted by molar-refractivity contribution is 5.84. The van der Waals surface area contributed by atoms with Crippen LogP contribution >= 0.6 is 0 Å². The van der Waals surface area contributed by atoms with Crippen LogP contribution in [0.1, 0.15) is 18.4 Å². The number of anilines is 1. The van der Waals surface area contributed by atoms with E-state index in [9.17, 15) is 4.79 Å². The maximum Gasteiger partial charge on any atom is 0.328 e. The van der Waals surface area contributed by atoms with Gasteiger partial charge in [-0.2, -0.15) is 0 Å². The number of hydrogen-bond donors (Lipinski definition) is 0. The van der Waals surface area contributed by atoms with Crippen LogP contribution in [0.25, 0.3) is 10.4 Å². The Kier molecular flexibility index (Phi) is 6.24. The maximum atomic E-state index is 12.1. The molecule has 146 valence electrons. The van der Waals surface area contributed by atoms with E-state index in [0.717, 1.165) is 12.0 Å². The molecule has 0 bridgehead atoms. The Hall–Kier alpha value is -3.38. The standard InChI is InChI=1S/C20H22N4O4/c1-26-18-12-17(24-10-6-9-16(24)20(25)27-2)15(22-23-21)11-19(18)28-13-14-7-4-3-5-8-14/h3-5,7-8,11-12,16H,6,9-10,13H2,1-2H3/t16-/m0/s1. The zero-order valence-corrected chi connectivity index (χ0v) is 15.9. The molecule has 1 fully saturated rings. The number of hydrogen-bond acceptors (Lipinski definition) is 6. The molecular formula is C20H22N4O4. The SMILES string of the molecule is COC(=O)[C@@H]1CCCN1c1cc(OC)c(OCc2ccccc2)cc1N=[N+]=[N-]. The zero-order valence-electron chi connectivity index (χ0n) is 15.9. The lowest BCUT2D eigenvalue weighted by Crippen LogP contribution is -2.36. The van der Waals surface area contributed by atoms with E-state index in [0.29, 0.717) is 42.4 Å². The van der Waals surface area contributed by atoms with Crippen molar-refractivity contribution in [3.63, 3.8) is 0 Å². The van der Waals surface area contributed by atoms with E-state index in [1.807, 2.05) is 35.2 Å². The number of benzene rings is 2. The predicted octanol–water partition coefficient (Wildman–Crippen LogP) is 4.36. The molecule has 2 aromatic rings. The molecule has 0 spiro atoms. The summed E-state index contributed by atoms with van der Waals surface area (Å²) in [6, 6.07) is 12.7. The van der Waals surface area contributed by atoms with Gasteiger partial charge in [0.05, 0.1) is 25.6 Å². The van der Waals surface area contributed by atoms with Gasteiger partial charge in [0.2, 0.25) is 0 Å². The summed E-state index contributed by atoms with van der Waals surface area (Å²) in [4.78, 5) is 16.9. The molecule has 0 aliphatic carbocycles. The largest absolute Gasteiger partial charge is 0.493 e. The minimum atomic E-state index is -0.418. The fraction of sp³-hybridized carbons (Fsp3) is 0.350. The second kappa shape index (κ2) is 9.01. The smallest absolute Gasteiger partial charge is 0.328 e. The number of carbonyl (C=O) groups excluding carboxylic acids is 1. The predicted molar refractivity (Wildman–Crippen MR) is 105 cm³/mol. The molecule has 1 heterocycles. The van der Waals surface area contributed by atoms with Crippen molar-refractivity contribution < 1.29 is 19.0 Å². The highest BCUT2D eigenvalue weighted by Crippen LogP contribution is 2.42. The molecule has 0 aromatic heterocycles. The molecule has 1 atom stereocenters. The molecule has 0 saturated carbocycles. The second-order valence-electron chi connectivity index (χ2n) is 6.33. The molecule has 0 unspecified atom stereocenters. The highest BCUT2D eigenvalue weighted by atomic mass is 16.5. The van der Waals surface area contributed by atoms with Crippen LogP contribution in [-0.4, -0.2) is 32.8 Å². The Bertz CT molecular complexity index is 881. The van der Waals surface area contributed by atoms with Gasteiger partial charge in [-0.05, 0) is 30.0 Å². The van der Waals surface area contributed by atoms with Crippen LogP contribution < -0.4 is 14.4 Å². The van der Waals surface area contributed by atoms with Gasteiger partial charge in [0.1, 0.15) is 12.6 Å². The lowest BCUT2D eigenvalue weighted by molar-refractivity contribution is -0.141. The van der Waals surface area contributed by atoms with Crippen molar-refractivity contribution in [1.82, 2.24) is 0 Å². The number of nitrogens with zero attached hydrogens (tertiary/aromatic N) is 4. The van der Waals surface area contributed by atoms with Gasteiger partial charge >= 0.3 is 5.97 Å². The molecule has 1 aliphatic rings. The van der Waals surface area contributed by atoms with Crippen LogP contribution in [0.2, 0.25) is 0 Å². The molecule has 1 saturated heterocycles. The topological polar surface area (TPSA) is 96.8 Å². The number of esters is 1. The van der Waals surface area contributed by atoms with E-state index in [2.05, 4.69) is 10.0 Å². The number of ether oxygens (including phenoxy) is 3. The third-order valence-electron chi connectivity index (χ3n) is 4.69. The van der Waals surface area contributed by atoms with E-state index in [-0.39, 0.29) is 5.97 Å². The van der Waals surface area contributed by atoms with E-state index >= 15 is 0 Å². The van der Waals surface area contributed by atoms with Crippen molar-refractivity contribution in [2.45, 2.75) is 25.5 Å². The molecule has 8 nitrogen and oxygen atoms in total. The van der Waals surface area contributed by atoms with E-state index < -0.39 is 6.04 Å². The Balaban J connectivity index is 1.95. The summed E-state index contributed by atoms with van der Waals surface area (Å²) in [6.07, 6.45) is 1.51. The summed E-state index contributed by atoms with van der Waals surface area (Å²) >= 11 is 0. The summed E-state index contributed by atoms with van der Waals surface area (Å²) in [5.74, 6) is 0.650. The summed E-state index contributed by atoms with van der Waals surface area (Å²) < 4.78 is 16.3. The van der Waals surface area contributed by atoms with Gasteiger partial charge in [-0.1, -0.05) is 35.4 Å². The Morgan fingerprint density at radius 3 is 2.71 bits per heavy atom. The van der Waals surface area contributed by atoms with E-state index in [1.165, 1.54) is 7.11 Å². The lowest BCUT2D eigenvalue weighted by atomic mass is 10.1. The molecular weight excluding hydrogens is 360 g/mol. The first-order valence-electron chi connectivity index (χ1n) is 8.96. The first-order chi connectivity index (χ1) is 13.7. The monoisotopic (exact) mass is 382 g/mol. The second-order valence-corrected chi connectivity index (χ2v) is 6.33. The zero-order chi connectivity index (χ0) is 19.9. The van der Waals surface area contributed by atoms with Crippen molar-refractivity contribution in [2.75, 3.05) is 25.7 Å². The fourth-order valence-corrected chi connectivity index (χ4v) is 3.34. The molecule has 1 aliphatic heterocycles. The van der Waals surface area contributed by atoms with Crippen LogP contribution in [0, 0.1) is 0 Å². The average molecular weight is 382 g/mol. The van der Waals surface area contributed by atoms with Crippen LogP contribution in [0.5, 0.6) is 11.5 Å². The van der Waals surface area contributed by atoms with Gasteiger partial charge in [0.25, 0.3) is 0 Å². The van der Waals surface area contributed by atoms with Crippen LogP contribution in [-0.2, 0) is 16.1 Å². The molecule has 3 rings (SSSR count). The summed E-state index contributed by atoms with van der Waals surface area (Å²) in [6.45, 7) is 1.00. The quantitative estimate of drug-likeness (QED) is 0.307. The minimum absolute atomic E-state index is 0.312. The van der Waals surface area contributed by atoms with Gasteiger partial charge in [-0.3, -0.25) is 0 Å². The van der Waals surface area contributed by atoms with Gasteiger partial charge in [0.15, 0.2) is 11.5 Å². The highest BCUT2D eigenvalue weighted by Gasteiger charge is 2.33. The Morgan fingerprint density at radius 2 is 2.04 bits per heavy atom. The maximum absolute atomic E-state index is 12.1. The first kappa shape index (κ1) is 19.4. The molecule has 28 heavy (non-hydrogen) atoms. The molecule has 0 radical (unpaired) electrons. The Labute approximate surface area is 163 Å². The molecule has 0 amide bonds. The van der Waals surface area contributed by atoms with Crippen molar-refractivity contribution in [3.8, 4) is 11.5 Å². The van der Waals surface area contributed by atoms with Crippen LogP contribution in [0.4, 0.5) is 11.4 Å². The number of rotatable bonds is 7. The molecule has 8 heteroatoms.